The average Bonchev–Trinajstić information content (AvgIpc) is 3.10. The van der Waals surface area contributed by atoms with Gasteiger partial charge in [0.1, 0.15) is 12.4 Å². The van der Waals surface area contributed by atoms with Gasteiger partial charge >= 0.3 is 0 Å². The predicted molar refractivity (Wildman–Crippen MR) is 80.0 cm³/mol. The van der Waals surface area contributed by atoms with Crippen LogP contribution >= 0.6 is 0 Å². The molecule has 3 aromatic rings. The van der Waals surface area contributed by atoms with Gasteiger partial charge < -0.3 is 14.2 Å². The second kappa shape index (κ2) is 5.54. The molecule has 3 rings (SSSR count). The van der Waals surface area contributed by atoms with Gasteiger partial charge in [0, 0.05) is 55.1 Å². The Labute approximate surface area is 122 Å². The molecule has 108 valence electrons. The maximum Gasteiger partial charge on any atom is 0.166 e. The van der Waals surface area contributed by atoms with E-state index in [4.69, 9.17) is 5.11 Å². The summed E-state index contributed by atoms with van der Waals surface area (Å²) >= 11 is 0. The third-order valence-electron chi connectivity index (χ3n) is 3.72. The molecule has 1 N–H and O–H groups in total. The minimum absolute atomic E-state index is 0.101. The number of carbonyl (C=O) groups excluding carboxylic acids is 1. The normalized spacial score (nSPS) is 11.1. The summed E-state index contributed by atoms with van der Waals surface area (Å²) in [5, 5.41) is 10.1. The van der Waals surface area contributed by atoms with Crippen molar-refractivity contribution in [2.45, 2.75) is 19.6 Å². The van der Waals surface area contributed by atoms with Crippen molar-refractivity contribution in [1.82, 2.24) is 14.1 Å². The van der Waals surface area contributed by atoms with Crippen molar-refractivity contribution in [2.75, 3.05) is 0 Å². The third kappa shape index (κ3) is 2.48. The van der Waals surface area contributed by atoms with E-state index in [-0.39, 0.29) is 12.4 Å². The first kappa shape index (κ1) is 13.6. The number of ketones is 1. The van der Waals surface area contributed by atoms with E-state index in [0.29, 0.717) is 18.8 Å². The van der Waals surface area contributed by atoms with Crippen molar-refractivity contribution in [2.24, 2.45) is 7.05 Å². The summed E-state index contributed by atoms with van der Waals surface area (Å²) in [4.78, 5) is 16.5. The molecule has 0 spiro atoms. The minimum atomic E-state index is -0.116. The third-order valence-corrected chi connectivity index (χ3v) is 3.72. The van der Waals surface area contributed by atoms with E-state index >= 15 is 0 Å². The van der Waals surface area contributed by atoms with Crippen LogP contribution in [0.25, 0.3) is 10.9 Å². The zero-order valence-electron chi connectivity index (χ0n) is 11.9. The van der Waals surface area contributed by atoms with Crippen molar-refractivity contribution < 1.29 is 9.90 Å². The van der Waals surface area contributed by atoms with Crippen molar-refractivity contribution in [3.05, 3.63) is 54.2 Å². The first-order valence-corrected chi connectivity index (χ1v) is 6.89. The summed E-state index contributed by atoms with van der Waals surface area (Å²) in [6.07, 6.45) is 5.68. The van der Waals surface area contributed by atoms with Gasteiger partial charge in [-0.2, -0.15) is 0 Å². The summed E-state index contributed by atoms with van der Waals surface area (Å²) in [6, 6.07) is 7.89. The number of rotatable bonds is 5. The van der Waals surface area contributed by atoms with Crippen LogP contribution in [-0.4, -0.2) is 25.0 Å². The molecule has 0 radical (unpaired) electrons. The summed E-state index contributed by atoms with van der Waals surface area (Å²) in [5.74, 6) is 0.685. The average molecular weight is 283 g/mol. The lowest BCUT2D eigenvalue weighted by Crippen LogP contribution is -2.08. The van der Waals surface area contributed by atoms with E-state index in [2.05, 4.69) is 4.98 Å². The van der Waals surface area contributed by atoms with Crippen LogP contribution in [0.3, 0.4) is 0 Å². The minimum Gasteiger partial charge on any atom is -0.388 e. The van der Waals surface area contributed by atoms with Crippen LogP contribution in [-0.2, 0) is 20.2 Å². The number of aromatic nitrogens is 3. The second-order valence-corrected chi connectivity index (χ2v) is 5.04. The molecule has 0 aliphatic carbocycles. The zero-order chi connectivity index (χ0) is 14.8. The number of fused-ring (bicyclic) bond motifs is 1. The highest BCUT2D eigenvalue weighted by Gasteiger charge is 2.14. The Morgan fingerprint density at radius 1 is 1.33 bits per heavy atom. The van der Waals surface area contributed by atoms with Gasteiger partial charge in [-0.05, 0) is 6.07 Å². The molecule has 5 heteroatoms. The lowest BCUT2D eigenvalue weighted by Gasteiger charge is -2.05. The van der Waals surface area contributed by atoms with Gasteiger partial charge in [0.15, 0.2) is 5.78 Å². The number of hydrogen-bond donors (Lipinski definition) is 1. The molecule has 21 heavy (non-hydrogen) atoms. The van der Waals surface area contributed by atoms with Crippen LogP contribution in [0.15, 0.2) is 42.9 Å². The molecule has 0 amide bonds. The fourth-order valence-corrected chi connectivity index (χ4v) is 2.62. The van der Waals surface area contributed by atoms with Crippen molar-refractivity contribution in [1.29, 1.82) is 0 Å². The van der Waals surface area contributed by atoms with Crippen LogP contribution in [0, 0.1) is 0 Å². The molecular weight excluding hydrogens is 266 g/mol. The van der Waals surface area contributed by atoms with E-state index in [1.54, 1.807) is 12.4 Å². The molecule has 1 aromatic carbocycles. The zero-order valence-corrected chi connectivity index (χ0v) is 11.9. The number of imidazole rings is 1. The Bertz CT molecular complexity index is 786. The summed E-state index contributed by atoms with van der Waals surface area (Å²) in [7, 11) is 1.94. The number of Topliss-reactive ketones (excluding diaryl/α,β-unsaturated/α-hetero) is 1. The molecule has 0 unspecified atom stereocenters. The maximum atomic E-state index is 12.5. The van der Waals surface area contributed by atoms with E-state index in [9.17, 15) is 4.79 Å². The topological polar surface area (TPSA) is 60.0 Å². The molecule has 0 saturated carbocycles. The first-order valence-electron chi connectivity index (χ1n) is 6.89. The van der Waals surface area contributed by atoms with E-state index in [1.807, 2.05) is 46.6 Å². The SMILES string of the molecule is Cn1cc(C(=O)CCn2ccnc2CO)c2ccccc21. The Morgan fingerprint density at radius 3 is 2.95 bits per heavy atom. The number of aliphatic hydroxyl groups excluding tert-OH is 1. The molecule has 0 bridgehead atoms. The number of para-hydroxylation sites is 1. The molecule has 2 heterocycles. The van der Waals surface area contributed by atoms with Gasteiger partial charge in [-0.3, -0.25) is 4.79 Å². The number of aryl methyl sites for hydroxylation is 2. The Kier molecular flexibility index (Phi) is 3.58. The van der Waals surface area contributed by atoms with Crippen LogP contribution < -0.4 is 0 Å². The highest BCUT2D eigenvalue weighted by molar-refractivity contribution is 6.08. The number of hydrogen-bond acceptors (Lipinski definition) is 3. The molecule has 0 aliphatic heterocycles. The number of benzene rings is 1. The summed E-state index contributed by atoms with van der Waals surface area (Å²) in [5.41, 5.74) is 1.80. The molecule has 0 fully saturated rings. The number of nitrogens with zero attached hydrogens (tertiary/aromatic N) is 3. The highest BCUT2D eigenvalue weighted by Crippen LogP contribution is 2.21. The van der Waals surface area contributed by atoms with Gasteiger partial charge in [0.2, 0.25) is 0 Å². The molecule has 0 atom stereocenters. The van der Waals surface area contributed by atoms with Gasteiger partial charge in [0.25, 0.3) is 0 Å². The number of carbonyl (C=O) groups is 1. The van der Waals surface area contributed by atoms with E-state index in [1.165, 1.54) is 0 Å². The predicted octanol–water partition coefficient (Wildman–Crippen LogP) is 2.14. The lowest BCUT2D eigenvalue weighted by atomic mass is 10.1. The molecule has 2 aromatic heterocycles. The molecule has 0 saturated heterocycles. The van der Waals surface area contributed by atoms with E-state index in [0.717, 1.165) is 16.5 Å². The fourth-order valence-electron chi connectivity index (χ4n) is 2.62. The monoisotopic (exact) mass is 283 g/mol. The molecule has 5 nitrogen and oxygen atoms in total. The second-order valence-electron chi connectivity index (χ2n) is 5.04. The van der Waals surface area contributed by atoms with Crippen molar-refractivity contribution in [3.63, 3.8) is 0 Å². The Morgan fingerprint density at radius 2 is 2.14 bits per heavy atom. The Balaban J connectivity index is 1.81. The molecular formula is C16H17N3O2. The maximum absolute atomic E-state index is 12.5. The standard InChI is InChI=1S/C16H17N3O2/c1-18-10-13(12-4-2-3-5-14(12)18)15(21)6-8-19-9-7-17-16(19)11-20/h2-5,7,9-10,20H,6,8,11H2,1H3. The van der Waals surface area contributed by atoms with Gasteiger partial charge in [-0.15, -0.1) is 0 Å². The van der Waals surface area contributed by atoms with Gasteiger partial charge in [0.05, 0.1) is 0 Å². The van der Waals surface area contributed by atoms with Crippen LogP contribution in [0.5, 0.6) is 0 Å². The van der Waals surface area contributed by atoms with E-state index < -0.39 is 0 Å². The smallest absolute Gasteiger partial charge is 0.166 e. The van der Waals surface area contributed by atoms with Crippen molar-refractivity contribution >= 4 is 16.7 Å². The first-order chi connectivity index (χ1) is 10.2. The molecule has 0 aliphatic rings. The van der Waals surface area contributed by atoms with Crippen LogP contribution in [0.4, 0.5) is 0 Å². The number of aliphatic hydroxyl groups is 1. The quantitative estimate of drug-likeness (QED) is 0.730. The summed E-state index contributed by atoms with van der Waals surface area (Å²) < 4.78 is 3.78. The van der Waals surface area contributed by atoms with Gasteiger partial charge in [-0.25, -0.2) is 4.98 Å². The van der Waals surface area contributed by atoms with Gasteiger partial charge in [-0.1, -0.05) is 18.2 Å². The fraction of sp³-hybridized carbons (Fsp3) is 0.250. The Hall–Kier alpha value is -2.40. The van der Waals surface area contributed by atoms with Crippen molar-refractivity contribution in [3.8, 4) is 0 Å². The largest absolute Gasteiger partial charge is 0.388 e. The highest BCUT2D eigenvalue weighted by atomic mass is 16.3. The van der Waals surface area contributed by atoms with Crippen LogP contribution in [0.1, 0.15) is 22.6 Å². The lowest BCUT2D eigenvalue weighted by molar-refractivity contribution is 0.0977. The summed E-state index contributed by atoms with van der Waals surface area (Å²) in [6.45, 7) is 0.410. The van der Waals surface area contributed by atoms with Crippen LogP contribution in [0.2, 0.25) is 0 Å².